The fourth-order valence-electron chi connectivity index (χ4n) is 2.86. The molecule has 0 heterocycles. The standard InChI is InChI=1S/C19H39N2O2/c1-5-8-9-10-11-12-13-14-19(23)20(4)15-16-21(6-2,7-3)17-18-22/h8-9,22H,5-7,10-18H2,1-4H3/q+1/b9-8+. The summed E-state index contributed by atoms with van der Waals surface area (Å²) in [5.41, 5.74) is 0. The first kappa shape index (κ1) is 22.1. The van der Waals surface area contributed by atoms with E-state index in [0.717, 1.165) is 62.9 Å². The van der Waals surface area contributed by atoms with Gasteiger partial charge in [-0.2, -0.15) is 0 Å². The Balaban J connectivity index is 3.98. The van der Waals surface area contributed by atoms with Crippen LogP contribution >= 0.6 is 0 Å². The van der Waals surface area contributed by atoms with Crippen molar-refractivity contribution in [1.29, 1.82) is 0 Å². The van der Waals surface area contributed by atoms with Crippen LogP contribution in [0, 0.1) is 0 Å². The van der Waals surface area contributed by atoms with Crippen LogP contribution in [0.25, 0.3) is 0 Å². The number of aliphatic hydroxyl groups excluding tert-OH is 1. The van der Waals surface area contributed by atoms with Gasteiger partial charge in [0.25, 0.3) is 0 Å². The summed E-state index contributed by atoms with van der Waals surface area (Å²) >= 11 is 0. The number of hydrogen-bond acceptors (Lipinski definition) is 2. The molecule has 0 aromatic heterocycles. The minimum Gasteiger partial charge on any atom is -0.391 e. The van der Waals surface area contributed by atoms with Gasteiger partial charge in [0.2, 0.25) is 5.91 Å². The molecule has 0 aliphatic rings. The second-order valence-corrected chi connectivity index (χ2v) is 6.44. The highest BCUT2D eigenvalue weighted by Crippen LogP contribution is 2.08. The number of quaternary nitrogens is 1. The highest BCUT2D eigenvalue weighted by molar-refractivity contribution is 5.75. The summed E-state index contributed by atoms with van der Waals surface area (Å²) < 4.78 is 0.887. The van der Waals surface area contributed by atoms with Crippen LogP contribution in [-0.4, -0.2) is 66.8 Å². The number of carbonyl (C=O) groups excluding carboxylic acids is 1. The van der Waals surface area contributed by atoms with E-state index < -0.39 is 0 Å². The molecule has 1 N–H and O–H groups in total. The van der Waals surface area contributed by atoms with Gasteiger partial charge in [-0.3, -0.25) is 4.79 Å². The van der Waals surface area contributed by atoms with Crippen molar-refractivity contribution in [2.24, 2.45) is 0 Å². The summed E-state index contributed by atoms with van der Waals surface area (Å²) in [6, 6.07) is 0. The molecule has 0 rings (SSSR count). The van der Waals surface area contributed by atoms with E-state index in [-0.39, 0.29) is 12.5 Å². The molecule has 0 unspecified atom stereocenters. The first-order valence-electron chi connectivity index (χ1n) is 9.40. The number of likely N-dealkylation sites (N-methyl/N-ethyl adjacent to an activating group) is 2. The fraction of sp³-hybridized carbons (Fsp3) is 0.842. The lowest BCUT2D eigenvalue weighted by atomic mass is 10.1. The Morgan fingerprint density at radius 1 is 1.04 bits per heavy atom. The summed E-state index contributed by atoms with van der Waals surface area (Å²) in [6.07, 6.45) is 10.6. The van der Waals surface area contributed by atoms with Crippen molar-refractivity contribution in [3.8, 4) is 0 Å². The minimum atomic E-state index is 0.214. The molecule has 0 aliphatic carbocycles. The largest absolute Gasteiger partial charge is 0.391 e. The van der Waals surface area contributed by atoms with Gasteiger partial charge in [0.05, 0.1) is 32.8 Å². The molecule has 0 aromatic carbocycles. The molecule has 0 saturated heterocycles. The summed E-state index contributed by atoms with van der Waals surface area (Å²) in [5, 5.41) is 9.26. The van der Waals surface area contributed by atoms with Crippen molar-refractivity contribution < 1.29 is 14.4 Å². The number of hydrogen-bond donors (Lipinski definition) is 1. The molecule has 0 radical (unpaired) electrons. The van der Waals surface area contributed by atoms with Gasteiger partial charge in [-0.25, -0.2) is 0 Å². The number of aliphatic hydroxyl groups is 1. The Morgan fingerprint density at radius 2 is 1.74 bits per heavy atom. The quantitative estimate of drug-likeness (QED) is 0.302. The summed E-state index contributed by atoms with van der Waals surface area (Å²) in [6.45, 7) is 11.2. The molecule has 0 saturated carbocycles. The number of allylic oxidation sites excluding steroid dienone is 2. The predicted octanol–water partition coefficient (Wildman–Crippen LogP) is 3.21. The molecule has 0 aromatic rings. The third-order valence-electron chi connectivity index (χ3n) is 4.92. The second-order valence-electron chi connectivity index (χ2n) is 6.44. The van der Waals surface area contributed by atoms with Crippen LogP contribution in [0.2, 0.25) is 0 Å². The van der Waals surface area contributed by atoms with Gasteiger partial charge in [0.15, 0.2) is 0 Å². The molecular formula is C19H39N2O2+. The third-order valence-corrected chi connectivity index (χ3v) is 4.92. The van der Waals surface area contributed by atoms with Crippen molar-refractivity contribution in [2.45, 2.75) is 59.3 Å². The van der Waals surface area contributed by atoms with E-state index in [2.05, 4.69) is 32.9 Å². The Labute approximate surface area is 143 Å². The number of nitrogens with zero attached hydrogens (tertiary/aromatic N) is 2. The Bertz CT molecular complexity index is 325. The van der Waals surface area contributed by atoms with Crippen molar-refractivity contribution in [1.82, 2.24) is 4.90 Å². The van der Waals surface area contributed by atoms with Crippen LogP contribution in [0.15, 0.2) is 12.2 Å². The Hall–Kier alpha value is -0.870. The molecule has 4 nitrogen and oxygen atoms in total. The van der Waals surface area contributed by atoms with Crippen molar-refractivity contribution in [3.05, 3.63) is 12.2 Å². The Morgan fingerprint density at radius 3 is 2.30 bits per heavy atom. The highest BCUT2D eigenvalue weighted by Gasteiger charge is 2.23. The molecule has 23 heavy (non-hydrogen) atoms. The SMILES string of the molecule is CC/C=C/CCCCCC(=O)N(C)CC[N+](CC)(CC)CCO. The summed E-state index contributed by atoms with van der Waals surface area (Å²) in [5.74, 6) is 0.253. The van der Waals surface area contributed by atoms with Gasteiger partial charge in [0, 0.05) is 13.5 Å². The summed E-state index contributed by atoms with van der Waals surface area (Å²) in [4.78, 5) is 14.1. The molecule has 0 atom stereocenters. The lowest BCUT2D eigenvalue weighted by Crippen LogP contribution is -2.53. The maximum absolute atomic E-state index is 12.2. The average Bonchev–Trinajstić information content (AvgIpc) is 2.57. The maximum Gasteiger partial charge on any atom is 0.222 e. The minimum absolute atomic E-state index is 0.214. The zero-order chi connectivity index (χ0) is 17.6. The Kier molecular flexibility index (Phi) is 13.0. The highest BCUT2D eigenvalue weighted by atomic mass is 16.3. The molecule has 0 bridgehead atoms. The van der Waals surface area contributed by atoms with E-state index >= 15 is 0 Å². The number of amides is 1. The smallest absolute Gasteiger partial charge is 0.222 e. The lowest BCUT2D eigenvalue weighted by molar-refractivity contribution is -0.924. The number of rotatable bonds is 14. The molecule has 4 heteroatoms. The predicted molar refractivity (Wildman–Crippen MR) is 98.3 cm³/mol. The van der Waals surface area contributed by atoms with Crippen molar-refractivity contribution in [2.75, 3.05) is 46.4 Å². The van der Waals surface area contributed by atoms with Crippen LogP contribution in [0.3, 0.4) is 0 Å². The zero-order valence-electron chi connectivity index (χ0n) is 15.9. The van der Waals surface area contributed by atoms with Crippen LogP contribution in [0.1, 0.15) is 59.3 Å². The molecule has 136 valence electrons. The molecule has 0 aliphatic heterocycles. The van der Waals surface area contributed by atoms with E-state index in [0.29, 0.717) is 6.42 Å². The number of carbonyl (C=O) groups is 1. The van der Waals surface area contributed by atoms with Gasteiger partial charge in [0.1, 0.15) is 6.54 Å². The van der Waals surface area contributed by atoms with Gasteiger partial charge in [-0.15, -0.1) is 0 Å². The average molecular weight is 328 g/mol. The van der Waals surface area contributed by atoms with E-state index in [1.807, 2.05) is 11.9 Å². The monoisotopic (exact) mass is 327 g/mol. The first-order valence-corrected chi connectivity index (χ1v) is 9.40. The van der Waals surface area contributed by atoms with Gasteiger partial charge < -0.3 is 14.5 Å². The van der Waals surface area contributed by atoms with Gasteiger partial charge in [-0.05, 0) is 39.5 Å². The summed E-state index contributed by atoms with van der Waals surface area (Å²) in [7, 11) is 1.91. The fourth-order valence-corrected chi connectivity index (χ4v) is 2.86. The zero-order valence-corrected chi connectivity index (χ0v) is 15.9. The number of unbranched alkanes of at least 4 members (excludes halogenated alkanes) is 3. The van der Waals surface area contributed by atoms with Gasteiger partial charge in [-0.1, -0.05) is 25.5 Å². The van der Waals surface area contributed by atoms with Gasteiger partial charge >= 0.3 is 0 Å². The van der Waals surface area contributed by atoms with Crippen molar-refractivity contribution in [3.63, 3.8) is 0 Å². The normalized spacial score (nSPS) is 12.0. The second kappa shape index (κ2) is 13.6. The molecule has 1 amide bonds. The molecule has 0 spiro atoms. The van der Waals surface area contributed by atoms with Crippen LogP contribution in [0.4, 0.5) is 0 Å². The van der Waals surface area contributed by atoms with E-state index in [1.54, 1.807) is 0 Å². The maximum atomic E-state index is 12.2. The van der Waals surface area contributed by atoms with Crippen LogP contribution in [-0.2, 0) is 4.79 Å². The van der Waals surface area contributed by atoms with E-state index in [1.165, 1.54) is 6.42 Å². The van der Waals surface area contributed by atoms with Crippen LogP contribution < -0.4 is 0 Å². The lowest BCUT2D eigenvalue weighted by Gasteiger charge is -2.37. The molecule has 0 fully saturated rings. The van der Waals surface area contributed by atoms with E-state index in [4.69, 9.17) is 0 Å². The van der Waals surface area contributed by atoms with E-state index in [9.17, 15) is 9.90 Å². The molecular weight excluding hydrogens is 288 g/mol. The topological polar surface area (TPSA) is 40.5 Å². The third kappa shape index (κ3) is 9.77. The first-order chi connectivity index (χ1) is 11.0. The van der Waals surface area contributed by atoms with Crippen LogP contribution in [0.5, 0.6) is 0 Å². The van der Waals surface area contributed by atoms with Crippen molar-refractivity contribution >= 4 is 5.91 Å².